The number of aliphatic hydroxyl groups is 1. The molecule has 2 atom stereocenters. The summed E-state index contributed by atoms with van der Waals surface area (Å²) in [5.41, 5.74) is 0. The molecule has 118 valence electrons. The molecule has 1 fully saturated rings. The molecule has 1 heterocycles. The Hall–Kier alpha value is -1.34. The minimum atomic E-state index is -0.598. The predicted octanol–water partition coefficient (Wildman–Crippen LogP) is 0.440. The van der Waals surface area contributed by atoms with Crippen LogP contribution in [0.15, 0.2) is 24.3 Å². The lowest BCUT2D eigenvalue weighted by atomic mass is 10.3. The van der Waals surface area contributed by atoms with E-state index in [2.05, 4.69) is 5.32 Å². The third-order valence-corrected chi connectivity index (χ3v) is 3.14. The Labute approximate surface area is 125 Å². The highest BCUT2D eigenvalue weighted by Crippen LogP contribution is 2.25. The highest BCUT2D eigenvalue weighted by Gasteiger charge is 2.14. The fraction of sp³-hybridized carbons (Fsp3) is 0.600. The molecule has 1 aliphatic rings. The topological polar surface area (TPSA) is 69.2 Å². The van der Waals surface area contributed by atoms with Crippen molar-refractivity contribution in [3.05, 3.63) is 24.3 Å². The summed E-state index contributed by atoms with van der Waals surface area (Å²) in [6.45, 7) is 3.19. The lowest BCUT2D eigenvalue weighted by molar-refractivity contribution is -0.0869. The number of hydrogen-bond donors (Lipinski definition) is 2. The molecule has 0 radical (unpaired) electrons. The number of aliphatic hydroxyl groups excluding tert-OH is 1. The Morgan fingerprint density at radius 1 is 1.33 bits per heavy atom. The molecule has 0 aliphatic carbocycles. The largest absolute Gasteiger partial charge is 0.493 e. The van der Waals surface area contributed by atoms with Crippen molar-refractivity contribution in [1.29, 1.82) is 0 Å². The number of methoxy groups -OCH3 is 1. The Morgan fingerprint density at radius 3 is 2.86 bits per heavy atom. The Kier molecular flexibility index (Phi) is 6.75. The van der Waals surface area contributed by atoms with Crippen LogP contribution in [0.1, 0.15) is 0 Å². The lowest BCUT2D eigenvalue weighted by Gasteiger charge is -2.23. The Balaban J connectivity index is 1.63. The zero-order valence-corrected chi connectivity index (χ0v) is 12.3. The molecule has 2 unspecified atom stereocenters. The van der Waals surface area contributed by atoms with E-state index >= 15 is 0 Å². The fourth-order valence-corrected chi connectivity index (χ4v) is 2.05. The summed E-state index contributed by atoms with van der Waals surface area (Å²) in [7, 11) is 1.59. The van der Waals surface area contributed by atoms with Crippen LogP contribution in [-0.4, -0.2) is 63.9 Å². The smallest absolute Gasteiger partial charge is 0.161 e. The van der Waals surface area contributed by atoms with Crippen LogP contribution >= 0.6 is 0 Å². The van der Waals surface area contributed by atoms with Crippen LogP contribution < -0.4 is 14.8 Å². The van der Waals surface area contributed by atoms with Gasteiger partial charge in [0.1, 0.15) is 12.7 Å². The second-order valence-electron chi connectivity index (χ2n) is 4.84. The van der Waals surface area contributed by atoms with E-state index in [0.717, 1.165) is 0 Å². The average molecular weight is 297 g/mol. The first-order valence-corrected chi connectivity index (χ1v) is 7.13. The monoisotopic (exact) mass is 297 g/mol. The van der Waals surface area contributed by atoms with E-state index in [1.807, 2.05) is 24.3 Å². The summed E-state index contributed by atoms with van der Waals surface area (Å²) in [6, 6.07) is 7.37. The molecule has 6 nitrogen and oxygen atoms in total. The van der Waals surface area contributed by atoms with Gasteiger partial charge in [-0.25, -0.2) is 0 Å². The third-order valence-electron chi connectivity index (χ3n) is 3.14. The van der Waals surface area contributed by atoms with E-state index in [-0.39, 0.29) is 12.7 Å². The van der Waals surface area contributed by atoms with Crippen molar-refractivity contribution < 1.29 is 24.1 Å². The van der Waals surface area contributed by atoms with Gasteiger partial charge in [-0.15, -0.1) is 0 Å². The van der Waals surface area contributed by atoms with Gasteiger partial charge >= 0.3 is 0 Å². The SMILES string of the molecule is COc1ccccc1OCC(O)CNCC1COCCO1. The summed E-state index contributed by atoms with van der Waals surface area (Å²) in [6.07, 6.45) is -0.541. The summed E-state index contributed by atoms with van der Waals surface area (Å²) in [5.74, 6) is 1.29. The quantitative estimate of drug-likeness (QED) is 0.726. The second kappa shape index (κ2) is 8.84. The molecule has 0 bridgehead atoms. The molecular formula is C15H23NO5. The zero-order valence-electron chi connectivity index (χ0n) is 12.3. The molecule has 1 aliphatic heterocycles. The summed E-state index contributed by atoms with van der Waals surface area (Å²) >= 11 is 0. The number of benzene rings is 1. The predicted molar refractivity (Wildman–Crippen MR) is 77.9 cm³/mol. The van der Waals surface area contributed by atoms with Gasteiger partial charge in [-0.05, 0) is 12.1 Å². The van der Waals surface area contributed by atoms with Crippen molar-refractivity contribution in [3.63, 3.8) is 0 Å². The minimum Gasteiger partial charge on any atom is -0.493 e. The number of nitrogens with one attached hydrogen (secondary N) is 1. The van der Waals surface area contributed by atoms with Crippen molar-refractivity contribution in [3.8, 4) is 11.5 Å². The van der Waals surface area contributed by atoms with Crippen molar-refractivity contribution in [2.75, 3.05) is 46.6 Å². The maximum absolute atomic E-state index is 9.90. The standard InChI is InChI=1S/C15H23NO5/c1-18-14-4-2-3-5-15(14)21-10-12(17)8-16-9-13-11-19-6-7-20-13/h2-5,12-13,16-17H,6-11H2,1H3. The molecule has 0 saturated carbocycles. The molecule has 2 rings (SSSR count). The number of para-hydroxylation sites is 2. The van der Waals surface area contributed by atoms with Crippen LogP contribution in [0.25, 0.3) is 0 Å². The minimum absolute atomic E-state index is 0.0566. The van der Waals surface area contributed by atoms with Gasteiger partial charge < -0.3 is 29.4 Å². The summed E-state index contributed by atoms with van der Waals surface area (Å²) in [4.78, 5) is 0. The number of rotatable bonds is 8. The van der Waals surface area contributed by atoms with Crippen LogP contribution in [0, 0.1) is 0 Å². The normalized spacial score (nSPS) is 20.0. The van der Waals surface area contributed by atoms with E-state index in [1.165, 1.54) is 0 Å². The molecule has 1 aromatic rings. The average Bonchev–Trinajstić information content (AvgIpc) is 2.54. The van der Waals surface area contributed by atoms with Gasteiger partial charge in [-0.1, -0.05) is 12.1 Å². The maximum Gasteiger partial charge on any atom is 0.161 e. The first kappa shape index (κ1) is 16.0. The van der Waals surface area contributed by atoms with Crippen molar-refractivity contribution in [2.24, 2.45) is 0 Å². The van der Waals surface area contributed by atoms with Crippen LogP contribution in [-0.2, 0) is 9.47 Å². The van der Waals surface area contributed by atoms with Crippen LogP contribution in [0.5, 0.6) is 11.5 Å². The molecule has 6 heteroatoms. The molecule has 0 amide bonds. The van der Waals surface area contributed by atoms with Gasteiger partial charge in [-0.2, -0.15) is 0 Å². The van der Waals surface area contributed by atoms with E-state index in [9.17, 15) is 5.11 Å². The highest BCUT2D eigenvalue weighted by atomic mass is 16.6. The summed E-state index contributed by atoms with van der Waals surface area (Å²) < 4.78 is 21.6. The van der Waals surface area contributed by atoms with Gasteiger partial charge in [0.15, 0.2) is 11.5 Å². The van der Waals surface area contributed by atoms with Crippen LogP contribution in [0.4, 0.5) is 0 Å². The van der Waals surface area contributed by atoms with Crippen molar-refractivity contribution in [1.82, 2.24) is 5.32 Å². The second-order valence-corrected chi connectivity index (χ2v) is 4.84. The first-order chi connectivity index (χ1) is 10.3. The number of hydrogen-bond acceptors (Lipinski definition) is 6. The van der Waals surface area contributed by atoms with Gasteiger partial charge in [0.2, 0.25) is 0 Å². The molecule has 2 N–H and O–H groups in total. The Bertz CT molecular complexity index is 409. The van der Waals surface area contributed by atoms with E-state index in [4.69, 9.17) is 18.9 Å². The fourth-order valence-electron chi connectivity index (χ4n) is 2.05. The lowest BCUT2D eigenvalue weighted by Crippen LogP contribution is -2.41. The maximum atomic E-state index is 9.90. The first-order valence-electron chi connectivity index (χ1n) is 7.13. The highest BCUT2D eigenvalue weighted by molar-refractivity contribution is 5.39. The summed E-state index contributed by atoms with van der Waals surface area (Å²) in [5, 5.41) is 13.1. The van der Waals surface area contributed by atoms with Crippen LogP contribution in [0.2, 0.25) is 0 Å². The van der Waals surface area contributed by atoms with Gasteiger partial charge in [-0.3, -0.25) is 0 Å². The molecule has 1 aromatic carbocycles. The van der Waals surface area contributed by atoms with E-state index < -0.39 is 6.10 Å². The van der Waals surface area contributed by atoms with Gasteiger partial charge in [0.25, 0.3) is 0 Å². The van der Waals surface area contributed by atoms with E-state index in [1.54, 1.807) is 7.11 Å². The molecule has 1 saturated heterocycles. The number of ether oxygens (including phenoxy) is 4. The molecule has 0 spiro atoms. The molecular weight excluding hydrogens is 274 g/mol. The van der Waals surface area contributed by atoms with Crippen LogP contribution in [0.3, 0.4) is 0 Å². The van der Waals surface area contributed by atoms with Crippen molar-refractivity contribution in [2.45, 2.75) is 12.2 Å². The van der Waals surface area contributed by atoms with Gasteiger partial charge in [0, 0.05) is 13.1 Å². The molecule has 0 aromatic heterocycles. The Morgan fingerprint density at radius 2 is 2.14 bits per heavy atom. The van der Waals surface area contributed by atoms with Gasteiger partial charge in [0.05, 0.1) is 33.0 Å². The molecule has 21 heavy (non-hydrogen) atoms. The van der Waals surface area contributed by atoms with Crippen molar-refractivity contribution >= 4 is 0 Å². The zero-order chi connectivity index (χ0) is 14.9. The van der Waals surface area contributed by atoms with E-state index in [0.29, 0.717) is 44.4 Å². The third kappa shape index (κ3) is 5.51.